The van der Waals surface area contributed by atoms with Gasteiger partial charge < -0.3 is 0 Å². The number of halogens is 2. The minimum absolute atomic E-state index is 0.0246. The average Bonchev–Trinajstić information content (AvgIpc) is 2.28. The van der Waals surface area contributed by atoms with E-state index in [0.29, 0.717) is 0 Å². The van der Waals surface area contributed by atoms with E-state index < -0.39 is 19.2 Å². The van der Waals surface area contributed by atoms with Gasteiger partial charge in [0.2, 0.25) is 16.1 Å². The maximum atomic E-state index is 11.7. The molecule has 0 aliphatic heterocycles. The molecule has 0 N–H and O–H groups in total. The Labute approximate surface area is 97.2 Å². The fourth-order valence-corrected chi connectivity index (χ4v) is 2.47. The summed E-state index contributed by atoms with van der Waals surface area (Å²) in [6.07, 6.45) is 1.22. The van der Waals surface area contributed by atoms with Crippen molar-refractivity contribution in [2.24, 2.45) is 0 Å². The van der Waals surface area contributed by atoms with Gasteiger partial charge in [0.1, 0.15) is 5.03 Å². The van der Waals surface area contributed by atoms with Crippen LogP contribution in [0.25, 0.3) is 0 Å². The second-order valence-electron chi connectivity index (χ2n) is 2.51. The van der Waals surface area contributed by atoms with Gasteiger partial charge in [0.05, 0.1) is 4.90 Å². The third-order valence-electron chi connectivity index (χ3n) is 1.55. The first-order chi connectivity index (χ1) is 7.00. The van der Waals surface area contributed by atoms with Gasteiger partial charge in [-0.3, -0.25) is 4.79 Å². The van der Waals surface area contributed by atoms with E-state index in [1.807, 2.05) is 0 Å². The predicted octanol–water partition coefficient (Wildman–Crippen LogP) is 2.22. The Morgan fingerprint density at radius 2 is 1.67 bits per heavy atom. The highest BCUT2D eigenvalue weighted by Gasteiger charge is 2.22. The summed E-state index contributed by atoms with van der Waals surface area (Å²) in [6, 6.07) is 7.44. The molecule has 1 aromatic rings. The molecule has 0 heterocycles. The van der Waals surface area contributed by atoms with Gasteiger partial charge in [0.15, 0.2) is 4.36 Å². The highest BCUT2D eigenvalue weighted by Crippen LogP contribution is 2.25. The lowest BCUT2D eigenvalue weighted by Gasteiger charge is -2.01. The van der Waals surface area contributed by atoms with E-state index in [2.05, 4.69) is 0 Å². The molecule has 0 spiro atoms. The first-order valence-electron chi connectivity index (χ1n) is 3.73. The molecule has 1 aromatic carbocycles. The van der Waals surface area contributed by atoms with Crippen molar-refractivity contribution in [1.29, 1.82) is 0 Å². The molecule has 0 fully saturated rings. The Morgan fingerprint density at radius 3 is 2.13 bits per heavy atom. The average molecular weight is 264 g/mol. The van der Waals surface area contributed by atoms with Crippen LogP contribution in [0.5, 0.6) is 0 Å². The zero-order valence-corrected chi connectivity index (χ0v) is 9.60. The van der Waals surface area contributed by atoms with Crippen molar-refractivity contribution < 1.29 is 13.2 Å². The zero-order chi connectivity index (χ0) is 11.5. The molecule has 0 aromatic heterocycles. The van der Waals surface area contributed by atoms with Gasteiger partial charge in [-0.2, -0.15) is 0 Å². The van der Waals surface area contributed by atoms with E-state index in [1.165, 1.54) is 30.6 Å². The fraction of sp³-hybridized carbons (Fsp3) is 0. The van der Waals surface area contributed by atoms with Crippen LogP contribution < -0.4 is 0 Å². The second-order valence-corrected chi connectivity index (χ2v) is 5.37. The van der Waals surface area contributed by atoms with Crippen molar-refractivity contribution in [3.63, 3.8) is 0 Å². The number of hydrogen-bond donors (Lipinski definition) is 0. The number of allylic oxidation sites excluding steroid dienone is 1. The Morgan fingerprint density at radius 1 is 1.13 bits per heavy atom. The highest BCUT2D eigenvalue weighted by atomic mass is 35.5. The van der Waals surface area contributed by atoms with E-state index in [0.717, 1.165) is 0 Å². The minimum Gasteiger partial charge on any atom is -0.284 e. The molecule has 0 aliphatic rings. The quantitative estimate of drug-likeness (QED) is 0.786. The number of sulfone groups is 1. The zero-order valence-electron chi connectivity index (χ0n) is 7.28. The molecule has 6 heteroatoms. The van der Waals surface area contributed by atoms with Crippen LogP contribution in [0.2, 0.25) is 0 Å². The summed E-state index contributed by atoms with van der Waals surface area (Å²) in [5.41, 5.74) is 0. The second kappa shape index (κ2) is 4.79. The Kier molecular flexibility index (Phi) is 3.90. The molecule has 79 valence electrons. The Balaban J connectivity index is 3.34. The topological polar surface area (TPSA) is 51.2 Å². The number of benzene rings is 1. The SMILES string of the molecule is O=[C]C(Cl)=C(Cl)S(=O)(=O)c1ccccc1. The first-order valence-corrected chi connectivity index (χ1v) is 5.97. The van der Waals surface area contributed by atoms with Crippen LogP contribution in [0.1, 0.15) is 0 Å². The van der Waals surface area contributed by atoms with E-state index in [4.69, 9.17) is 23.2 Å². The van der Waals surface area contributed by atoms with E-state index in [-0.39, 0.29) is 4.90 Å². The summed E-state index contributed by atoms with van der Waals surface area (Å²) < 4.78 is 22.6. The molecule has 0 bridgehead atoms. The smallest absolute Gasteiger partial charge is 0.248 e. The summed E-state index contributed by atoms with van der Waals surface area (Å²) >= 11 is 10.7. The van der Waals surface area contributed by atoms with Gasteiger partial charge in [-0.25, -0.2) is 8.42 Å². The first kappa shape index (κ1) is 12.2. The highest BCUT2D eigenvalue weighted by molar-refractivity contribution is 7.97. The normalized spacial score (nSPS) is 13.2. The summed E-state index contributed by atoms with van der Waals surface area (Å²) in [6.45, 7) is 0. The third kappa shape index (κ3) is 2.59. The van der Waals surface area contributed by atoms with E-state index in [9.17, 15) is 13.2 Å². The lowest BCUT2D eigenvalue weighted by molar-refractivity contribution is 0.563. The molecule has 0 unspecified atom stereocenters. The van der Waals surface area contributed by atoms with Crippen molar-refractivity contribution in [3.8, 4) is 0 Å². The summed E-state index contributed by atoms with van der Waals surface area (Å²) in [7, 11) is -3.90. The van der Waals surface area contributed by atoms with Crippen LogP contribution >= 0.6 is 23.2 Å². The van der Waals surface area contributed by atoms with E-state index in [1.54, 1.807) is 6.07 Å². The molecular formula is C9H5Cl2O3S. The van der Waals surface area contributed by atoms with E-state index >= 15 is 0 Å². The molecule has 1 rings (SSSR count). The van der Waals surface area contributed by atoms with Gasteiger partial charge >= 0.3 is 0 Å². The van der Waals surface area contributed by atoms with Crippen LogP contribution in [0.4, 0.5) is 0 Å². The van der Waals surface area contributed by atoms with Gasteiger partial charge in [-0.05, 0) is 12.1 Å². The molecule has 0 atom stereocenters. The lowest BCUT2D eigenvalue weighted by Crippen LogP contribution is -2.02. The fourth-order valence-electron chi connectivity index (χ4n) is 0.861. The van der Waals surface area contributed by atoms with Crippen molar-refractivity contribution >= 4 is 39.3 Å². The predicted molar refractivity (Wildman–Crippen MR) is 58.1 cm³/mol. The number of carbonyl (C=O) groups excluding carboxylic acids is 1. The number of rotatable bonds is 3. The molecule has 1 radical (unpaired) electrons. The molecular weight excluding hydrogens is 259 g/mol. The summed E-state index contributed by atoms with van der Waals surface area (Å²) in [5, 5.41) is -0.652. The van der Waals surface area contributed by atoms with Gasteiger partial charge in [-0.15, -0.1) is 0 Å². The van der Waals surface area contributed by atoms with Crippen molar-refractivity contribution in [3.05, 3.63) is 39.7 Å². The maximum absolute atomic E-state index is 11.7. The van der Waals surface area contributed by atoms with Crippen LogP contribution in [0.3, 0.4) is 0 Å². The van der Waals surface area contributed by atoms with Crippen molar-refractivity contribution in [2.45, 2.75) is 4.90 Å². The molecule has 3 nitrogen and oxygen atoms in total. The summed E-state index contributed by atoms with van der Waals surface area (Å²) in [5.74, 6) is 0. The molecule has 0 saturated heterocycles. The maximum Gasteiger partial charge on any atom is 0.248 e. The minimum atomic E-state index is -3.90. The van der Waals surface area contributed by atoms with Crippen LogP contribution in [0, 0.1) is 0 Å². The van der Waals surface area contributed by atoms with Crippen LogP contribution in [-0.2, 0) is 14.6 Å². The lowest BCUT2D eigenvalue weighted by atomic mass is 10.4. The van der Waals surface area contributed by atoms with Crippen LogP contribution in [0.15, 0.2) is 44.6 Å². The van der Waals surface area contributed by atoms with Gasteiger partial charge in [-0.1, -0.05) is 41.4 Å². The monoisotopic (exact) mass is 263 g/mol. The summed E-state index contributed by atoms with van der Waals surface area (Å²) in [4.78, 5) is 10.1. The van der Waals surface area contributed by atoms with Crippen molar-refractivity contribution in [1.82, 2.24) is 0 Å². The van der Waals surface area contributed by atoms with Gasteiger partial charge in [0.25, 0.3) is 0 Å². The molecule has 15 heavy (non-hydrogen) atoms. The standard InChI is InChI=1S/C9H5Cl2O3S/c10-8(6-12)9(11)15(13,14)7-4-2-1-3-5-7/h1-5H. The largest absolute Gasteiger partial charge is 0.284 e. The van der Waals surface area contributed by atoms with Crippen LogP contribution in [-0.4, -0.2) is 14.7 Å². The Bertz CT molecular complexity index is 491. The molecule has 0 amide bonds. The Hall–Kier alpha value is -0.840. The number of hydrogen-bond acceptors (Lipinski definition) is 3. The molecule has 0 saturated carbocycles. The van der Waals surface area contributed by atoms with Crippen molar-refractivity contribution in [2.75, 3.05) is 0 Å². The van der Waals surface area contributed by atoms with Gasteiger partial charge in [0, 0.05) is 0 Å². The molecule has 0 aliphatic carbocycles. The third-order valence-corrected chi connectivity index (χ3v) is 4.39.